The van der Waals surface area contributed by atoms with Crippen LogP contribution < -0.4 is 14.2 Å². The predicted octanol–water partition coefficient (Wildman–Crippen LogP) is 3.95. The lowest BCUT2D eigenvalue weighted by molar-refractivity contribution is -0.140. The van der Waals surface area contributed by atoms with Gasteiger partial charge in [-0.1, -0.05) is 12.1 Å². The van der Waals surface area contributed by atoms with E-state index in [1.165, 1.54) is 19.1 Å². The summed E-state index contributed by atoms with van der Waals surface area (Å²) in [6, 6.07) is 11.2. The third-order valence-electron chi connectivity index (χ3n) is 5.61. The van der Waals surface area contributed by atoms with Gasteiger partial charge in [-0.3, -0.25) is 9.59 Å². The highest BCUT2D eigenvalue weighted by atomic mass is 16.5. The Kier molecular flexibility index (Phi) is 8.17. The van der Waals surface area contributed by atoms with Gasteiger partial charge in [0.15, 0.2) is 0 Å². The molecule has 182 valence electrons. The number of carbonyl (C=O) groups excluding carboxylic acids is 2. The second-order valence-corrected chi connectivity index (χ2v) is 8.11. The number of amides is 1. The standard InChI is InChI=1S/C26H31NO7/c1-16(2)34-13-7-12-27-23(17-8-6-9-18(14-17)31-3)22(25(29)26(27)30)24(28)20-11-10-19(32-4)15-21(20)33-5/h6,8-11,14-16,23,28H,7,12-13H2,1-5H3/b24-22-. The molecule has 0 aliphatic carbocycles. The topological polar surface area (TPSA) is 94.5 Å². The summed E-state index contributed by atoms with van der Waals surface area (Å²) in [6.07, 6.45) is 0.601. The first-order valence-corrected chi connectivity index (χ1v) is 11.1. The molecule has 2 aromatic carbocycles. The lowest BCUT2D eigenvalue weighted by Crippen LogP contribution is -2.31. The van der Waals surface area contributed by atoms with Crippen molar-refractivity contribution in [1.29, 1.82) is 0 Å². The van der Waals surface area contributed by atoms with Crippen LogP contribution >= 0.6 is 0 Å². The van der Waals surface area contributed by atoms with E-state index >= 15 is 0 Å². The molecule has 1 saturated heterocycles. The Bertz CT molecular complexity index is 1080. The van der Waals surface area contributed by atoms with Crippen LogP contribution in [0, 0.1) is 0 Å². The maximum Gasteiger partial charge on any atom is 0.295 e. The molecular formula is C26H31NO7. The van der Waals surface area contributed by atoms with Gasteiger partial charge in [0.05, 0.1) is 44.6 Å². The molecule has 3 rings (SSSR count). The normalized spacial score (nSPS) is 17.4. The third-order valence-corrected chi connectivity index (χ3v) is 5.61. The van der Waals surface area contributed by atoms with Crippen LogP contribution in [0.15, 0.2) is 48.0 Å². The molecule has 1 aliphatic heterocycles. The SMILES string of the molecule is COc1cccc(C2/C(=C(/O)c3ccc(OC)cc3OC)C(=O)C(=O)N2CCCOC(C)C)c1. The number of benzene rings is 2. The van der Waals surface area contributed by atoms with Gasteiger partial charge in [-0.25, -0.2) is 0 Å². The average molecular weight is 470 g/mol. The number of hydrogen-bond acceptors (Lipinski definition) is 7. The van der Waals surface area contributed by atoms with Gasteiger partial charge in [-0.15, -0.1) is 0 Å². The van der Waals surface area contributed by atoms with Crippen molar-refractivity contribution in [1.82, 2.24) is 4.90 Å². The highest BCUT2D eigenvalue weighted by Crippen LogP contribution is 2.42. The molecule has 0 saturated carbocycles. The first-order valence-electron chi connectivity index (χ1n) is 11.1. The molecule has 2 aromatic rings. The molecule has 1 fully saturated rings. The van der Waals surface area contributed by atoms with Gasteiger partial charge in [0.1, 0.15) is 23.0 Å². The molecule has 1 atom stereocenters. The van der Waals surface area contributed by atoms with E-state index in [1.54, 1.807) is 49.6 Å². The van der Waals surface area contributed by atoms with Crippen molar-refractivity contribution in [3.8, 4) is 17.2 Å². The second-order valence-electron chi connectivity index (χ2n) is 8.11. The van der Waals surface area contributed by atoms with Crippen molar-refractivity contribution in [3.63, 3.8) is 0 Å². The Morgan fingerprint density at radius 2 is 1.71 bits per heavy atom. The number of ketones is 1. The monoisotopic (exact) mass is 469 g/mol. The van der Waals surface area contributed by atoms with Gasteiger partial charge in [0.25, 0.3) is 11.7 Å². The first kappa shape index (κ1) is 25.1. The number of hydrogen-bond donors (Lipinski definition) is 1. The van der Waals surface area contributed by atoms with E-state index in [0.717, 1.165) is 0 Å². The van der Waals surface area contributed by atoms with Gasteiger partial charge in [0, 0.05) is 19.2 Å². The highest BCUT2D eigenvalue weighted by Gasteiger charge is 2.46. The molecule has 0 spiro atoms. The molecule has 1 unspecified atom stereocenters. The summed E-state index contributed by atoms with van der Waals surface area (Å²) in [5.74, 6) is -0.319. The quantitative estimate of drug-likeness (QED) is 0.244. The van der Waals surface area contributed by atoms with E-state index in [9.17, 15) is 14.7 Å². The summed E-state index contributed by atoms with van der Waals surface area (Å²) in [6.45, 7) is 4.60. The fourth-order valence-corrected chi connectivity index (χ4v) is 3.96. The van der Waals surface area contributed by atoms with Crippen LogP contribution in [0.5, 0.6) is 17.2 Å². The number of aliphatic hydroxyl groups excluding tert-OH is 1. The lowest BCUT2D eigenvalue weighted by Gasteiger charge is -2.26. The molecule has 8 heteroatoms. The minimum absolute atomic E-state index is 0.00787. The Morgan fingerprint density at radius 1 is 1.00 bits per heavy atom. The zero-order chi connectivity index (χ0) is 24.8. The summed E-state index contributed by atoms with van der Waals surface area (Å²) in [5, 5.41) is 11.3. The largest absolute Gasteiger partial charge is 0.507 e. The van der Waals surface area contributed by atoms with E-state index in [-0.39, 0.29) is 29.5 Å². The van der Waals surface area contributed by atoms with Gasteiger partial charge in [-0.05, 0) is 50.1 Å². The molecular weight excluding hydrogens is 438 g/mol. The first-order chi connectivity index (χ1) is 16.3. The smallest absolute Gasteiger partial charge is 0.295 e. The lowest BCUT2D eigenvalue weighted by atomic mass is 9.94. The molecule has 8 nitrogen and oxygen atoms in total. The Labute approximate surface area is 199 Å². The third kappa shape index (κ3) is 5.17. The van der Waals surface area contributed by atoms with Crippen LogP contribution in [0.2, 0.25) is 0 Å². The highest BCUT2D eigenvalue weighted by molar-refractivity contribution is 6.46. The number of aliphatic hydroxyl groups is 1. The number of likely N-dealkylation sites (tertiary alicyclic amines) is 1. The van der Waals surface area contributed by atoms with Crippen LogP contribution in [0.4, 0.5) is 0 Å². The second kappa shape index (κ2) is 11.1. The van der Waals surface area contributed by atoms with Crippen LogP contribution in [-0.4, -0.2) is 62.3 Å². The summed E-state index contributed by atoms with van der Waals surface area (Å²) < 4.78 is 21.6. The molecule has 1 heterocycles. The van der Waals surface area contributed by atoms with Crippen LogP contribution in [0.1, 0.15) is 37.4 Å². The van der Waals surface area contributed by atoms with Gasteiger partial charge < -0.3 is 29.0 Å². The van der Waals surface area contributed by atoms with E-state index in [2.05, 4.69) is 0 Å². The number of nitrogens with zero attached hydrogens (tertiary/aromatic N) is 1. The molecule has 0 bridgehead atoms. The van der Waals surface area contributed by atoms with E-state index < -0.39 is 17.7 Å². The maximum absolute atomic E-state index is 13.2. The minimum atomic E-state index is -0.791. The maximum atomic E-state index is 13.2. The predicted molar refractivity (Wildman–Crippen MR) is 127 cm³/mol. The Morgan fingerprint density at radius 3 is 2.35 bits per heavy atom. The molecule has 1 N–H and O–H groups in total. The molecule has 0 aromatic heterocycles. The van der Waals surface area contributed by atoms with Crippen molar-refractivity contribution in [2.75, 3.05) is 34.5 Å². The van der Waals surface area contributed by atoms with Crippen molar-refractivity contribution in [2.45, 2.75) is 32.4 Å². The zero-order valence-electron chi connectivity index (χ0n) is 20.2. The van der Waals surface area contributed by atoms with Gasteiger partial charge >= 0.3 is 0 Å². The van der Waals surface area contributed by atoms with E-state index in [0.29, 0.717) is 35.8 Å². The van der Waals surface area contributed by atoms with Gasteiger partial charge in [0.2, 0.25) is 0 Å². The van der Waals surface area contributed by atoms with Crippen LogP contribution in [0.3, 0.4) is 0 Å². The van der Waals surface area contributed by atoms with Crippen molar-refractivity contribution >= 4 is 17.4 Å². The van der Waals surface area contributed by atoms with Crippen molar-refractivity contribution in [2.24, 2.45) is 0 Å². The van der Waals surface area contributed by atoms with E-state index in [1.807, 2.05) is 13.8 Å². The Balaban J connectivity index is 2.11. The number of Topliss-reactive ketones (excluding diaryl/α,β-unsaturated/α-hetero) is 1. The summed E-state index contributed by atoms with van der Waals surface area (Å²) >= 11 is 0. The fraction of sp³-hybridized carbons (Fsp3) is 0.385. The van der Waals surface area contributed by atoms with Crippen molar-refractivity contribution < 1.29 is 33.6 Å². The minimum Gasteiger partial charge on any atom is -0.507 e. The number of methoxy groups -OCH3 is 3. The summed E-state index contributed by atoms with van der Waals surface area (Å²) in [7, 11) is 4.52. The number of carbonyl (C=O) groups is 2. The summed E-state index contributed by atoms with van der Waals surface area (Å²) in [5.41, 5.74) is 0.932. The number of ether oxygens (including phenoxy) is 4. The van der Waals surface area contributed by atoms with Gasteiger partial charge in [-0.2, -0.15) is 0 Å². The molecule has 1 aliphatic rings. The van der Waals surface area contributed by atoms with E-state index in [4.69, 9.17) is 18.9 Å². The Hall–Kier alpha value is -3.52. The zero-order valence-corrected chi connectivity index (χ0v) is 20.2. The molecule has 0 radical (unpaired) electrons. The fourth-order valence-electron chi connectivity index (χ4n) is 3.96. The number of rotatable bonds is 10. The molecule has 34 heavy (non-hydrogen) atoms. The summed E-state index contributed by atoms with van der Waals surface area (Å²) in [4.78, 5) is 27.8. The average Bonchev–Trinajstić information content (AvgIpc) is 3.10. The van der Waals surface area contributed by atoms with Crippen molar-refractivity contribution in [3.05, 3.63) is 59.2 Å². The molecule has 1 amide bonds. The van der Waals surface area contributed by atoms with Crippen LogP contribution in [0.25, 0.3) is 5.76 Å². The van der Waals surface area contributed by atoms with Crippen LogP contribution in [-0.2, 0) is 14.3 Å².